The fourth-order valence-electron chi connectivity index (χ4n) is 5.14. The van der Waals surface area contributed by atoms with E-state index < -0.39 is 18.0 Å². The van der Waals surface area contributed by atoms with Crippen molar-refractivity contribution in [2.24, 2.45) is 5.92 Å². The van der Waals surface area contributed by atoms with Gasteiger partial charge in [-0.25, -0.2) is 14.2 Å². The summed E-state index contributed by atoms with van der Waals surface area (Å²) in [6.45, 7) is 3.88. The molecular formula is C25H27ClFN5O3. The van der Waals surface area contributed by atoms with Crippen molar-refractivity contribution in [3.63, 3.8) is 0 Å². The molecule has 8 nitrogen and oxygen atoms in total. The fourth-order valence-corrected chi connectivity index (χ4v) is 5.26. The molecule has 0 aliphatic carbocycles. The van der Waals surface area contributed by atoms with Crippen LogP contribution in [0.25, 0.3) is 0 Å². The monoisotopic (exact) mass is 499 g/mol. The largest absolute Gasteiger partial charge is 0.465 e. The highest BCUT2D eigenvalue weighted by molar-refractivity contribution is 6.30. The number of amides is 2. The van der Waals surface area contributed by atoms with Gasteiger partial charge in [0, 0.05) is 50.8 Å². The van der Waals surface area contributed by atoms with Gasteiger partial charge in [0.15, 0.2) is 0 Å². The number of aromatic nitrogens is 1. The molecule has 1 aromatic carbocycles. The first kappa shape index (κ1) is 24.7. The Morgan fingerprint density at radius 3 is 2.63 bits per heavy atom. The minimum Gasteiger partial charge on any atom is -0.465 e. The van der Waals surface area contributed by atoms with Gasteiger partial charge in [0.25, 0.3) is 0 Å². The molecule has 0 saturated carbocycles. The number of halogens is 2. The molecule has 2 aliphatic heterocycles. The standard InChI is InChI=1S/C25H27ClFN5O3/c1-2-32(25(34)35)22-15-31(14-19(22)18-3-4-20(26)21(27)12-18)24(33)17-6-9-30(10-7-17)23-11-16(13-28)5-8-29-23/h3-5,8,11-12,17,19,22H,2,6-7,9-10,14-15H2,1H3,(H,34,35)/t19-,22+/m0/s1. The molecule has 3 heterocycles. The Morgan fingerprint density at radius 2 is 2.00 bits per heavy atom. The number of likely N-dealkylation sites (tertiary alicyclic amines) is 1. The number of pyridine rings is 1. The van der Waals surface area contributed by atoms with Crippen LogP contribution in [0.4, 0.5) is 15.0 Å². The zero-order chi connectivity index (χ0) is 25.1. The molecule has 0 spiro atoms. The predicted molar refractivity (Wildman–Crippen MR) is 129 cm³/mol. The zero-order valence-electron chi connectivity index (χ0n) is 19.4. The van der Waals surface area contributed by atoms with E-state index in [1.54, 1.807) is 36.2 Å². The lowest BCUT2D eigenvalue weighted by Crippen LogP contribution is -2.45. The summed E-state index contributed by atoms with van der Waals surface area (Å²) in [6, 6.07) is 9.55. The number of carbonyl (C=O) groups is 2. The highest BCUT2D eigenvalue weighted by Gasteiger charge is 2.42. The SMILES string of the molecule is CCN(C(=O)O)[C@@H]1CN(C(=O)C2CCN(c3cc(C#N)ccn3)CC2)C[C@H]1c1ccc(Cl)c(F)c1. The molecule has 0 unspecified atom stereocenters. The van der Waals surface area contributed by atoms with Gasteiger partial charge in [0.1, 0.15) is 11.6 Å². The topological polar surface area (TPSA) is 101 Å². The van der Waals surface area contributed by atoms with E-state index in [1.807, 2.05) is 0 Å². The Balaban J connectivity index is 1.48. The third-order valence-electron chi connectivity index (χ3n) is 7.00. The van der Waals surface area contributed by atoms with Gasteiger partial charge in [-0.2, -0.15) is 5.26 Å². The summed E-state index contributed by atoms with van der Waals surface area (Å²) in [5.41, 5.74) is 1.17. The van der Waals surface area contributed by atoms with Gasteiger partial charge >= 0.3 is 6.09 Å². The number of nitrogens with zero attached hydrogens (tertiary/aromatic N) is 5. The van der Waals surface area contributed by atoms with Crippen molar-refractivity contribution in [1.29, 1.82) is 5.26 Å². The Kier molecular flexibility index (Phi) is 7.41. The van der Waals surface area contributed by atoms with E-state index in [-0.39, 0.29) is 35.9 Å². The normalized spacial score (nSPS) is 20.5. The minimum atomic E-state index is -1.06. The maximum atomic E-state index is 14.2. The number of nitriles is 1. The van der Waals surface area contributed by atoms with Crippen LogP contribution in [0.15, 0.2) is 36.5 Å². The van der Waals surface area contributed by atoms with Crippen molar-refractivity contribution in [3.05, 3.63) is 58.5 Å². The number of hydrogen-bond donors (Lipinski definition) is 1. The molecule has 2 fully saturated rings. The lowest BCUT2D eigenvalue weighted by atomic mass is 9.93. The van der Waals surface area contributed by atoms with E-state index >= 15 is 0 Å². The van der Waals surface area contributed by atoms with Crippen LogP contribution in [-0.2, 0) is 4.79 Å². The molecular weight excluding hydrogens is 473 g/mol. The molecule has 2 aliphatic rings. The first-order valence-electron chi connectivity index (χ1n) is 11.7. The number of piperidine rings is 1. The third kappa shape index (κ3) is 5.17. The van der Waals surface area contributed by atoms with Crippen LogP contribution in [0.3, 0.4) is 0 Å². The van der Waals surface area contributed by atoms with E-state index in [1.165, 1.54) is 17.0 Å². The number of rotatable bonds is 5. The quantitative estimate of drug-likeness (QED) is 0.668. The van der Waals surface area contributed by atoms with Crippen molar-refractivity contribution in [2.75, 3.05) is 37.6 Å². The van der Waals surface area contributed by atoms with E-state index in [4.69, 9.17) is 16.9 Å². The number of benzene rings is 1. The minimum absolute atomic E-state index is 0.00312. The molecule has 2 atom stereocenters. The fraction of sp³-hybridized carbons (Fsp3) is 0.440. The van der Waals surface area contributed by atoms with E-state index in [0.717, 1.165) is 5.82 Å². The molecule has 4 rings (SSSR count). The first-order chi connectivity index (χ1) is 16.8. The van der Waals surface area contributed by atoms with E-state index in [9.17, 15) is 19.1 Å². The van der Waals surface area contributed by atoms with Gasteiger partial charge in [-0.3, -0.25) is 4.79 Å². The van der Waals surface area contributed by atoms with Crippen LogP contribution < -0.4 is 4.90 Å². The Hall–Kier alpha value is -3.38. The summed E-state index contributed by atoms with van der Waals surface area (Å²) >= 11 is 5.85. The van der Waals surface area contributed by atoms with Gasteiger partial charge < -0.3 is 19.8 Å². The van der Waals surface area contributed by atoms with Crippen molar-refractivity contribution in [1.82, 2.24) is 14.8 Å². The molecule has 35 heavy (non-hydrogen) atoms. The Bertz CT molecular complexity index is 1150. The average Bonchev–Trinajstić information content (AvgIpc) is 3.30. The van der Waals surface area contributed by atoms with Crippen molar-refractivity contribution in [2.45, 2.75) is 31.7 Å². The first-order valence-corrected chi connectivity index (χ1v) is 12.0. The summed E-state index contributed by atoms with van der Waals surface area (Å²) in [4.78, 5) is 34.8. The second-order valence-electron chi connectivity index (χ2n) is 8.94. The van der Waals surface area contributed by atoms with Gasteiger partial charge in [-0.1, -0.05) is 17.7 Å². The lowest BCUT2D eigenvalue weighted by molar-refractivity contribution is -0.135. The van der Waals surface area contributed by atoms with E-state index in [0.29, 0.717) is 43.6 Å². The lowest BCUT2D eigenvalue weighted by Gasteiger charge is -2.34. The molecule has 0 radical (unpaired) electrons. The van der Waals surface area contributed by atoms with E-state index in [2.05, 4.69) is 16.0 Å². The number of carboxylic acid groups (broad SMARTS) is 1. The smallest absolute Gasteiger partial charge is 0.407 e. The molecule has 1 N–H and O–H groups in total. The number of anilines is 1. The van der Waals surface area contributed by atoms with Crippen LogP contribution >= 0.6 is 11.6 Å². The highest BCUT2D eigenvalue weighted by Crippen LogP contribution is 2.35. The predicted octanol–water partition coefficient (Wildman–Crippen LogP) is 3.96. The van der Waals surface area contributed by atoms with Gasteiger partial charge in [0.05, 0.1) is 22.7 Å². The van der Waals surface area contributed by atoms with Crippen LogP contribution in [0, 0.1) is 23.1 Å². The maximum absolute atomic E-state index is 14.2. The van der Waals surface area contributed by atoms with Gasteiger partial charge in [0.2, 0.25) is 5.91 Å². The van der Waals surface area contributed by atoms with Crippen molar-refractivity contribution >= 4 is 29.4 Å². The zero-order valence-corrected chi connectivity index (χ0v) is 20.2. The summed E-state index contributed by atoms with van der Waals surface area (Å²) in [5, 5.41) is 18.9. The van der Waals surface area contributed by atoms with Crippen LogP contribution in [0.5, 0.6) is 0 Å². The molecule has 2 saturated heterocycles. The third-order valence-corrected chi connectivity index (χ3v) is 7.31. The Labute approximate surface area is 208 Å². The Morgan fingerprint density at radius 1 is 1.26 bits per heavy atom. The highest BCUT2D eigenvalue weighted by atomic mass is 35.5. The van der Waals surface area contributed by atoms with Crippen molar-refractivity contribution in [3.8, 4) is 6.07 Å². The number of likely N-dealkylation sites (N-methyl/N-ethyl adjacent to an activating group) is 1. The second-order valence-corrected chi connectivity index (χ2v) is 9.34. The van der Waals surface area contributed by atoms with Crippen LogP contribution in [-0.4, -0.2) is 70.7 Å². The molecule has 0 bridgehead atoms. The maximum Gasteiger partial charge on any atom is 0.407 e. The van der Waals surface area contributed by atoms with Gasteiger partial charge in [-0.15, -0.1) is 0 Å². The summed E-state index contributed by atoms with van der Waals surface area (Å²) in [7, 11) is 0. The van der Waals surface area contributed by atoms with Crippen LogP contribution in [0.1, 0.15) is 36.8 Å². The van der Waals surface area contributed by atoms with Gasteiger partial charge in [-0.05, 0) is 49.6 Å². The van der Waals surface area contributed by atoms with Crippen molar-refractivity contribution < 1.29 is 19.1 Å². The second kappa shape index (κ2) is 10.5. The molecule has 1 aromatic heterocycles. The molecule has 10 heteroatoms. The van der Waals surface area contributed by atoms with Crippen LogP contribution in [0.2, 0.25) is 5.02 Å². The summed E-state index contributed by atoms with van der Waals surface area (Å²) in [6.07, 6.45) is 1.81. The molecule has 184 valence electrons. The number of carbonyl (C=O) groups excluding carboxylic acids is 1. The summed E-state index contributed by atoms with van der Waals surface area (Å²) < 4.78 is 14.2. The molecule has 2 aromatic rings. The average molecular weight is 500 g/mol. The molecule has 2 amide bonds. The summed E-state index contributed by atoms with van der Waals surface area (Å²) in [5.74, 6) is -0.383. The number of hydrogen-bond acceptors (Lipinski definition) is 5.